The van der Waals surface area contributed by atoms with Crippen LogP contribution in [0.4, 0.5) is 0 Å². The van der Waals surface area contributed by atoms with E-state index in [0.29, 0.717) is 11.1 Å². The van der Waals surface area contributed by atoms with Crippen LogP contribution in [0.2, 0.25) is 0 Å². The van der Waals surface area contributed by atoms with Gasteiger partial charge in [-0.15, -0.1) is 0 Å². The fourth-order valence-electron chi connectivity index (χ4n) is 2.70. The Balaban J connectivity index is 0.000000162. The number of para-hydroxylation sites is 1. The average Bonchev–Trinajstić information content (AvgIpc) is 2.72. The summed E-state index contributed by atoms with van der Waals surface area (Å²) in [6.45, 7) is 0. The number of rotatable bonds is 2. The highest BCUT2D eigenvalue weighted by Gasteiger charge is 2.08. The molecule has 28 heavy (non-hydrogen) atoms. The number of benzene rings is 4. The van der Waals surface area contributed by atoms with Crippen molar-refractivity contribution < 1.29 is 10.2 Å². The minimum absolute atomic E-state index is 0.176. The molecule has 0 unspecified atom stereocenters. The van der Waals surface area contributed by atoms with Crippen LogP contribution in [0.5, 0.6) is 11.5 Å². The monoisotopic (exact) mass is 592 g/mol. The van der Waals surface area contributed by atoms with Gasteiger partial charge in [0.1, 0.15) is 11.5 Å². The Morgan fingerprint density at radius 2 is 1.00 bits per heavy atom. The maximum Gasteiger partial charge on any atom is 0.123 e. The molecule has 140 valence electrons. The Morgan fingerprint density at radius 3 is 1.68 bits per heavy atom. The minimum Gasteiger partial charge on any atom is -0.507 e. The first-order valence-electron chi connectivity index (χ1n) is 8.62. The van der Waals surface area contributed by atoms with E-state index >= 15 is 0 Å². The molecule has 0 aliphatic rings. The molecule has 0 atom stereocenters. The zero-order valence-electron chi connectivity index (χ0n) is 14.9. The molecule has 4 aromatic carbocycles. The van der Waals surface area contributed by atoms with Crippen LogP contribution >= 0.6 is 45.2 Å². The van der Waals surface area contributed by atoms with E-state index in [1.807, 2.05) is 24.3 Å². The fraction of sp³-hybridized carbons (Fsp3) is 0. The van der Waals surface area contributed by atoms with E-state index < -0.39 is 0 Å². The summed E-state index contributed by atoms with van der Waals surface area (Å²) in [5, 5.41) is 19.4. The lowest BCUT2D eigenvalue weighted by Crippen LogP contribution is -1.81. The second-order valence-electron chi connectivity index (χ2n) is 6.05. The number of phenols is 2. The third kappa shape index (κ3) is 5.48. The molecule has 0 radical (unpaired) electrons. The molecule has 0 spiro atoms. The van der Waals surface area contributed by atoms with Crippen LogP contribution in [0, 0.1) is 7.14 Å². The third-order valence-corrected chi connectivity index (χ3v) is 5.49. The van der Waals surface area contributed by atoms with Crippen molar-refractivity contribution in [3.63, 3.8) is 0 Å². The molecular formula is C24H18I2O2. The topological polar surface area (TPSA) is 40.5 Å². The van der Waals surface area contributed by atoms with E-state index in [0.717, 1.165) is 3.57 Å². The molecule has 4 heteroatoms. The molecule has 0 fully saturated rings. The average molecular weight is 592 g/mol. The summed E-state index contributed by atoms with van der Waals surface area (Å²) < 4.78 is 2.29. The smallest absolute Gasteiger partial charge is 0.123 e. The highest BCUT2D eigenvalue weighted by atomic mass is 127. The summed E-state index contributed by atoms with van der Waals surface area (Å²) >= 11 is 4.48. The van der Waals surface area contributed by atoms with Crippen LogP contribution in [0.3, 0.4) is 0 Å². The lowest BCUT2D eigenvalue weighted by atomic mass is 10.0. The van der Waals surface area contributed by atoms with Crippen LogP contribution in [-0.2, 0) is 0 Å². The van der Waals surface area contributed by atoms with Crippen molar-refractivity contribution in [1.82, 2.24) is 0 Å². The molecule has 2 N–H and O–H groups in total. The third-order valence-electron chi connectivity index (χ3n) is 4.10. The van der Waals surface area contributed by atoms with Crippen molar-refractivity contribution in [1.29, 1.82) is 0 Å². The molecule has 0 bridgehead atoms. The molecule has 0 aliphatic heterocycles. The van der Waals surface area contributed by atoms with E-state index in [9.17, 15) is 10.2 Å². The Hall–Kier alpha value is -2.06. The van der Waals surface area contributed by atoms with Crippen LogP contribution in [0.15, 0.2) is 97.1 Å². The van der Waals surface area contributed by atoms with Gasteiger partial charge >= 0.3 is 0 Å². The highest BCUT2D eigenvalue weighted by Crippen LogP contribution is 2.35. The SMILES string of the molecule is Ic1ccc(-c2ccccc2)cc1.Oc1ccccc1-c1cc(I)ccc1O. The first-order chi connectivity index (χ1) is 13.5. The molecule has 0 aromatic heterocycles. The Bertz CT molecular complexity index is 1050. The van der Waals surface area contributed by atoms with Crippen molar-refractivity contribution in [3.05, 3.63) is 104 Å². The summed E-state index contributed by atoms with van der Waals surface area (Å²) in [6.07, 6.45) is 0. The normalized spacial score (nSPS) is 10.1. The molecule has 0 saturated heterocycles. The van der Waals surface area contributed by atoms with Crippen LogP contribution < -0.4 is 0 Å². The first-order valence-corrected chi connectivity index (χ1v) is 10.8. The van der Waals surface area contributed by atoms with E-state index in [1.165, 1.54) is 14.7 Å². The fourth-order valence-corrected chi connectivity index (χ4v) is 3.55. The van der Waals surface area contributed by atoms with Gasteiger partial charge in [0.05, 0.1) is 0 Å². The van der Waals surface area contributed by atoms with Gasteiger partial charge in [-0.3, -0.25) is 0 Å². The number of aromatic hydroxyl groups is 2. The van der Waals surface area contributed by atoms with E-state index in [2.05, 4.69) is 93.7 Å². The summed E-state index contributed by atoms with van der Waals surface area (Å²) in [7, 11) is 0. The molecule has 0 aliphatic carbocycles. The maximum absolute atomic E-state index is 9.70. The number of halogens is 2. The largest absolute Gasteiger partial charge is 0.507 e. The van der Waals surface area contributed by atoms with Gasteiger partial charge in [0.15, 0.2) is 0 Å². The van der Waals surface area contributed by atoms with E-state index in [4.69, 9.17) is 0 Å². The van der Waals surface area contributed by atoms with Crippen molar-refractivity contribution in [2.45, 2.75) is 0 Å². The maximum atomic E-state index is 9.70. The van der Waals surface area contributed by atoms with Crippen LogP contribution in [0.25, 0.3) is 22.3 Å². The van der Waals surface area contributed by atoms with Gasteiger partial charge in [0.25, 0.3) is 0 Å². The van der Waals surface area contributed by atoms with Crippen molar-refractivity contribution in [2.75, 3.05) is 0 Å². The second-order valence-corrected chi connectivity index (χ2v) is 8.54. The number of hydrogen-bond acceptors (Lipinski definition) is 2. The molecule has 0 saturated carbocycles. The zero-order valence-corrected chi connectivity index (χ0v) is 19.2. The Morgan fingerprint density at radius 1 is 0.464 bits per heavy atom. The standard InChI is InChI=1S/C12H9IO2.C12H9I/c13-8-5-6-12(15)10(7-8)9-3-1-2-4-11(9)14;13-12-8-6-11(7-9-12)10-4-2-1-3-5-10/h1-7,14-15H;1-9H. The second kappa shape index (κ2) is 9.93. The summed E-state index contributed by atoms with van der Waals surface area (Å²) in [4.78, 5) is 0. The first kappa shape index (κ1) is 20.7. The van der Waals surface area contributed by atoms with Gasteiger partial charge in [0, 0.05) is 18.3 Å². The molecular weight excluding hydrogens is 574 g/mol. The van der Waals surface area contributed by atoms with E-state index in [1.54, 1.807) is 24.3 Å². The van der Waals surface area contributed by atoms with Crippen LogP contribution in [-0.4, -0.2) is 10.2 Å². The van der Waals surface area contributed by atoms with Crippen molar-refractivity contribution in [2.24, 2.45) is 0 Å². The van der Waals surface area contributed by atoms with Gasteiger partial charge in [0.2, 0.25) is 0 Å². The molecule has 4 aromatic rings. The molecule has 0 amide bonds. The Labute approximate surface area is 192 Å². The predicted octanol–water partition coefficient (Wildman–Crippen LogP) is 7.33. The van der Waals surface area contributed by atoms with Crippen molar-refractivity contribution >= 4 is 45.2 Å². The Kier molecular flexibility index (Phi) is 7.33. The van der Waals surface area contributed by atoms with Crippen molar-refractivity contribution in [3.8, 4) is 33.8 Å². The lowest BCUT2D eigenvalue weighted by molar-refractivity contribution is 0.469. The van der Waals surface area contributed by atoms with Gasteiger partial charge < -0.3 is 10.2 Å². The van der Waals surface area contributed by atoms with E-state index in [-0.39, 0.29) is 11.5 Å². The summed E-state index contributed by atoms with van der Waals surface area (Å²) in [5.74, 6) is 0.353. The zero-order chi connectivity index (χ0) is 19.9. The molecule has 4 rings (SSSR count). The van der Waals surface area contributed by atoms with Gasteiger partial charge in [-0.05, 0) is 92.7 Å². The molecule has 2 nitrogen and oxygen atoms in total. The predicted molar refractivity (Wildman–Crippen MR) is 133 cm³/mol. The van der Waals surface area contributed by atoms with Gasteiger partial charge in [-0.2, -0.15) is 0 Å². The summed E-state index contributed by atoms with van der Waals surface area (Å²) in [5.41, 5.74) is 3.86. The lowest BCUT2D eigenvalue weighted by Gasteiger charge is -2.07. The molecule has 0 heterocycles. The summed E-state index contributed by atoms with van der Waals surface area (Å²) in [6, 6.07) is 31.2. The quantitative estimate of drug-likeness (QED) is 0.240. The highest BCUT2D eigenvalue weighted by molar-refractivity contribution is 14.1. The van der Waals surface area contributed by atoms with Crippen LogP contribution in [0.1, 0.15) is 0 Å². The minimum atomic E-state index is 0.176. The van der Waals surface area contributed by atoms with Gasteiger partial charge in [-0.25, -0.2) is 0 Å². The number of hydrogen-bond donors (Lipinski definition) is 2. The number of phenolic OH excluding ortho intramolecular Hbond substituents is 2. The van der Waals surface area contributed by atoms with Gasteiger partial charge in [-0.1, -0.05) is 60.7 Å².